The van der Waals surface area contributed by atoms with Crippen LogP contribution in [0, 0.1) is 0 Å². The van der Waals surface area contributed by atoms with Gasteiger partial charge < -0.3 is 4.90 Å². The molecule has 7 heteroatoms. The van der Waals surface area contributed by atoms with Gasteiger partial charge in [-0.3, -0.25) is 4.79 Å². The van der Waals surface area contributed by atoms with E-state index in [1.807, 2.05) is 0 Å². The van der Waals surface area contributed by atoms with E-state index >= 15 is 0 Å². The number of hydrogen-bond donors (Lipinski definition) is 0. The highest BCUT2D eigenvalue weighted by Gasteiger charge is 2.22. The summed E-state index contributed by atoms with van der Waals surface area (Å²) in [5.41, 5.74) is 0. The third-order valence-electron chi connectivity index (χ3n) is 2.14. The van der Waals surface area contributed by atoms with Crippen LogP contribution in [0.5, 0.6) is 0 Å². The van der Waals surface area contributed by atoms with Crippen LogP contribution in [-0.2, 0) is 4.79 Å². The van der Waals surface area contributed by atoms with Crippen LogP contribution in [0.15, 0.2) is 0 Å². The lowest BCUT2D eigenvalue weighted by Gasteiger charge is -2.24. The molecule has 1 aromatic heterocycles. The topological polar surface area (TPSA) is 46.1 Å². The number of aromatic nitrogens is 2. The van der Waals surface area contributed by atoms with Crippen molar-refractivity contribution in [3.8, 4) is 0 Å². The lowest BCUT2D eigenvalue weighted by molar-refractivity contribution is -0.118. The SMILES string of the molecule is O=C1CCCN(c2nnc(C(F)F)s2)C1. The zero-order chi connectivity index (χ0) is 10.8. The fraction of sp³-hybridized carbons (Fsp3) is 0.625. The second kappa shape index (κ2) is 4.18. The Balaban J connectivity index is 2.11. The molecule has 1 aromatic rings. The molecule has 4 nitrogen and oxygen atoms in total. The van der Waals surface area contributed by atoms with Gasteiger partial charge in [-0.15, -0.1) is 10.2 Å². The molecule has 0 N–H and O–H groups in total. The van der Waals surface area contributed by atoms with E-state index in [-0.39, 0.29) is 17.3 Å². The quantitative estimate of drug-likeness (QED) is 0.779. The molecule has 2 heterocycles. The van der Waals surface area contributed by atoms with Crippen LogP contribution >= 0.6 is 11.3 Å². The minimum absolute atomic E-state index is 0.120. The van der Waals surface area contributed by atoms with Crippen molar-refractivity contribution in [3.63, 3.8) is 0 Å². The van der Waals surface area contributed by atoms with Gasteiger partial charge in [0, 0.05) is 13.0 Å². The van der Waals surface area contributed by atoms with E-state index in [2.05, 4.69) is 10.2 Å². The van der Waals surface area contributed by atoms with Crippen molar-refractivity contribution in [1.29, 1.82) is 0 Å². The first-order valence-electron chi connectivity index (χ1n) is 4.55. The third-order valence-corrected chi connectivity index (χ3v) is 3.13. The summed E-state index contributed by atoms with van der Waals surface area (Å²) in [4.78, 5) is 12.9. The van der Waals surface area contributed by atoms with Gasteiger partial charge in [0.2, 0.25) is 5.13 Å². The number of piperidine rings is 1. The minimum atomic E-state index is -2.59. The van der Waals surface area contributed by atoms with Gasteiger partial charge in [-0.1, -0.05) is 11.3 Å². The van der Waals surface area contributed by atoms with E-state index in [1.54, 1.807) is 4.90 Å². The molecule has 0 aromatic carbocycles. The Morgan fingerprint density at radius 1 is 1.40 bits per heavy atom. The number of alkyl halides is 2. The summed E-state index contributed by atoms with van der Waals surface area (Å²) >= 11 is 0.851. The van der Waals surface area contributed by atoms with Crippen molar-refractivity contribution < 1.29 is 13.6 Å². The van der Waals surface area contributed by atoms with Crippen molar-refractivity contribution in [2.24, 2.45) is 0 Å². The highest BCUT2D eigenvalue weighted by molar-refractivity contribution is 7.15. The Labute approximate surface area is 88.9 Å². The van der Waals surface area contributed by atoms with Crippen LogP contribution in [-0.4, -0.2) is 29.1 Å². The molecule has 0 atom stereocenters. The van der Waals surface area contributed by atoms with Gasteiger partial charge >= 0.3 is 0 Å². The van der Waals surface area contributed by atoms with E-state index in [0.29, 0.717) is 18.1 Å². The van der Waals surface area contributed by atoms with Crippen LogP contribution in [0.3, 0.4) is 0 Å². The smallest absolute Gasteiger partial charge is 0.291 e. The van der Waals surface area contributed by atoms with E-state index in [1.165, 1.54) is 0 Å². The molecule has 0 saturated carbocycles. The third kappa shape index (κ3) is 2.28. The van der Waals surface area contributed by atoms with Crippen LogP contribution in [0.25, 0.3) is 0 Å². The number of nitrogens with zero attached hydrogens (tertiary/aromatic N) is 3. The van der Waals surface area contributed by atoms with Crippen LogP contribution in [0.1, 0.15) is 24.3 Å². The predicted molar refractivity (Wildman–Crippen MR) is 51.3 cm³/mol. The van der Waals surface area contributed by atoms with E-state index < -0.39 is 6.43 Å². The summed E-state index contributed by atoms with van der Waals surface area (Å²) in [6.07, 6.45) is -1.27. The summed E-state index contributed by atoms with van der Waals surface area (Å²) in [5, 5.41) is 7.17. The maximum atomic E-state index is 12.2. The second-order valence-electron chi connectivity index (χ2n) is 3.29. The van der Waals surface area contributed by atoms with Crippen LogP contribution in [0.4, 0.5) is 13.9 Å². The van der Waals surface area contributed by atoms with E-state index in [0.717, 1.165) is 17.8 Å². The monoisotopic (exact) mass is 233 g/mol. The molecule has 0 radical (unpaired) electrons. The number of halogens is 2. The zero-order valence-corrected chi connectivity index (χ0v) is 8.64. The molecule has 1 aliphatic rings. The Morgan fingerprint density at radius 3 is 2.80 bits per heavy atom. The highest BCUT2D eigenvalue weighted by atomic mass is 32.1. The molecule has 2 rings (SSSR count). The number of carbonyl (C=O) groups excluding carboxylic acids is 1. The van der Waals surface area contributed by atoms with Gasteiger partial charge in [0.25, 0.3) is 6.43 Å². The maximum Gasteiger partial charge on any atom is 0.291 e. The second-order valence-corrected chi connectivity index (χ2v) is 4.27. The Morgan fingerprint density at radius 2 is 2.20 bits per heavy atom. The standard InChI is InChI=1S/C8H9F2N3OS/c9-6(10)7-11-12-8(15-7)13-3-1-2-5(14)4-13/h6H,1-4H2. The highest BCUT2D eigenvalue weighted by Crippen LogP contribution is 2.28. The summed E-state index contributed by atoms with van der Waals surface area (Å²) in [5.74, 6) is 0.120. The molecule has 1 fully saturated rings. The van der Waals surface area contributed by atoms with Crippen molar-refractivity contribution in [3.05, 3.63) is 5.01 Å². The summed E-state index contributed by atoms with van der Waals surface area (Å²) in [7, 11) is 0. The number of ketones is 1. The number of anilines is 1. The number of carbonyl (C=O) groups is 1. The van der Waals surface area contributed by atoms with E-state index in [4.69, 9.17) is 0 Å². The van der Waals surface area contributed by atoms with Gasteiger partial charge in [0.15, 0.2) is 10.8 Å². The minimum Gasteiger partial charge on any atom is -0.339 e. The molecule has 82 valence electrons. The Hall–Kier alpha value is -1.11. The predicted octanol–water partition coefficient (Wildman–Crippen LogP) is 1.65. The summed E-state index contributed by atoms with van der Waals surface area (Å²) < 4.78 is 24.5. The molecule has 0 bridgehead atoms. The number of rotatable bonds is 2. The molecule has 0 unspecified atom stereocenters. The van der Waals surface area contributed by atoms with Gasteiger partial charge in [0.05, 0.1) is 6.54 Å². The number of hydrogen-bond acceptors (Lipinski definition) is 5. The fourth-order valence-corrected chi connectivity index (χ4v) is 2.17. The lowest BCUT2D eigenvalue weighted by Crippen LogP contribution is -2.35. The van der Waals surface area contributed by atoms with Crippen LogP contribution < -0.4 is 4.90 Å². The van der Waals surface area contributed by atoms with Crippen molar-refractivity contribution in [2.45, 2.75) is 19.3 Å². The first kappa shape index (κ1) is 10.4. The van der Waals surface area contributed by atoms with Gasteiger partial charge in [-0.25, -0.2) is 8.78 Å². The summed E-state index contributed by atoms with van der Waals surface area (Å²) in [6.45, 7) is 0.946. The average molecular weight is 233 g/mol. The van der Waals surface area contributed by atoms with E-state index in [9.17, 15) is 13.6 Å². The molecule has 0 aliphatic carbocycles. The average Bonchev–Trinajstić information content (AvgIpc) is 2.66. The van der Waals surface area contributed by atoms with Gasteiger partial charge in [0.1, 0.15) is 0 Å². The Bertz CT molecular complexity index is 369. The normalized spacial score (nSPS) is 17.5. The molecule has 0 amide bonds. The number of Topliss-reactive ketones (excluding diaryl/α,β-unsaturated/α-hetero) is 1. The maximum absolute atomic E-state index is 12.2. The van der Waals surface area contributed by atoms with Gasteiger partial charge in [-0.05, 0) is 6.42 Å². The van der Waals surface area contributed by atoms with Crippen molar-refractivity contribution >= 4 is 22.3 Å². The van der Waals surface area contributed by atoms with Crippen LogP contribution in [0.2, 0.25) is 0 Å². The van der Waals surface area contributed by atoms with Crippen molar-refractivity contribution in [2.75, 3.05) is 18.0 Å². The summed E-state index contributed by atoms with van der Waals surface area (Å²) in [6, 6.07) is 0. The Kier molecular flexibility index (Phi) is 2.90. The largest absolute Gasteiger partial charge is 0.339 e. The molecule has 1 aliphatic heterocycles. The molecule has 0 spiro atoms. The van der Waals surface area contributed by atoms with Gasteiger partial charge in [-0.2, -0.15) is 0 Å². The first-order chi connectivity index (χ1) is 7.16. The molecule has 15 heavy (non-hydrogen) atoms. The first-order valence-corrected chi connectivity index (χ1v) is 5.36. The molecular formula is C8H9F2N3OS. The zero-order valence-electron chi connectivity index (χ0n) is 7.82. The lowest BCUT2D eigenvalue weighted by atomic mass is 10.1. The fourth-order valence-electron chi connectivity index (χ4n) is 1.44. The van der Waals surface area contributed by atoms with Crippen molar-refractivity contribution in [1.82, 2.24) is 10.2 Å². The molecular weight excluding hydrogens is 224 g/mol. The molecule has 1 saturated heterocycles.